The first-order valence-corrected chi connectivity index (χ1v) is 6.64. The second kappa shape index (κ2) is 5.42. The summed E-state index contributed by atoms with van der Waals surface area (Å²) >= 11 is 0. The summed E-state index contributed by atoms with van der Waals surface area (Å²) in [5.41, 5.74) is 0. The highest BCUT2D eigenvalue weighted by atomic mass is 32.2. The SMILES string of the molecule is CCn1cc(S(=O)(=O)NCCCO)nc1C. The first-order chi connectivity index (χ1) is 7.51. The van der Waals surface area contributed by atoms with Gasteiger partial charge in [0.15, 0.2) is 5.03 Å². The Labute approximate surface area is 95.4 Å². The van der Waals surface area contributed by atoms with Crippen LogP contribution in [0.25, 0.3) is 0 Å². The first kappa shape index (κ1) is 13.1. The van der Waals surface area contributed by atoms with Gasteiger partial charge in [0.05, 0.1) is 0 Å². The summed E-state index contributed by atoms with van der Waals surface area (Å²) < 4.78 is 27.6. The molecule has 0 aliphatic rings. The van der Waals surface area contributed by atoms with Crippen molar-refractivity contribution in [2.24, 2.45) is 0 Å². The number of aromatic nitrogens is 2. The topological polar surface area (TPSA) is 84.2 Å². The lowest BCUT2D eigenvalue weighted by Crippen LogP contribution is -2.25. The molecule has 0 unspecified atom stereocenters. The fraction of sp³-hybridized carbons (Fsp3) is 0.667. The second-order valence-electron chi connectivity index (χ2n) is 3.39. The van der Waals surface area contributed by atoms with Crippen molar-refractivity contribution in [2.75, 3.05) is 13.2 Å². The van der Waals surface area contributed by atoms with Crippen LogP contribution < -0.4 is 4.72 Å². The van der Waals surface area contributed by atoms with Gasteiger partial charge in [0.2, 0.25) is 0 Å². The predicted molar refractivity (Wildman–Crippen MR) is 59.5 cm³/mol. The summed E-state index contributed by atoms with van der Waals surface area (Å²) in [6, 6.07) is 0. The van der Waals surface area contributed by atoms with Crippen molar-refractivity contribution in [3.05, 3.63) is 12.0 Å². The minimum atomic E-state index is -3.54. The molecule has 16 heavy (non-hydrogen) atoms. The van der Waals surface area contributed by atoms with E-state index in [1.807, 2.05) is 6.92 Å². The molecule has 0 atom stereocenters. The summed E-state index contributed by atoms with van der Waals surface area (Å²) in [6.07, 6.45) is 1.91. The van der Waals surface area contributed by atoms with Crippen molar-refractivity contribution in [1.82, 2.24) is 14.3 Å². The average Bonchev–Trinajstić information content (AvgIpc) is 2.60. The molecule has 0 fully saturated rings. The number of hydrogen-bond donors (Lipinski definition) is 2. The summed E-state index contributed by atoms with van der Waals surface area (Å²) in [6.45, 7) is 4.55. The van der Waals surface area contributed by atoms with Crippen LogP contribution in [0.2, 0.25) is 0 Å². The smallest absolute Gasteiger partial charge is 0.259 e. The number of nitrogens with zero attached hydrogens (tertiary/aromatic N) is 2. The zero-order chi connectivity index (χ0) is 12.2. The van der Waals surface area contributed by atoms with Crippen LogP contribution in [-0.2, 0) is 16.6 Å². The van der Waals surface area contributed by atoms with E-state index in [9.17, 15) is 8.42 Å². The molecule has 0 aliphatic heterocycles. The molecule has 0 aliphatic carbocycles. The molecular formula is C9H17N3O3S. The first-order valence-electron chi connectivity index (χ1n) is 5.15. The molecule has 7 heteroatoms. The Bertz CT molecular complexity index is 439. The van der Waals surface area contributed by atoms with E-state index in [0.717, 1.165) is 0 Å². The lowest BCUT2D eigenvalue weighted by atomic mass is 10.5. The van der Waals surface area contributed by atoms with E-state index in [0.29, 0.717) is 18.8 Å². The minimum Gasteiger partial charge on any atom is -0.396 e. The number of rotatable bonds is 6. The van der Waals surface area contributed by atoms with Gasteiger partial charge < -0.3 is 9.67 Å². The normalized spacial score (nSPS) is 11.9. The molecule has 0 radical (unpaired) electrons. The number of nitrogens with one attached hydrogen (secondary N) is 1. The number of imidazole rings is 1. The van der Waals surface area contributed by atoms with Crippen molar-refractivity contribution >= 4 is 10.0 Å². The Balaban J connectivity index is 2.81. The van der Waals surface area contributed by atoms with Crippen LogP contribution in [0, 0.1) is 6.92 Å². The van der Waals surface area contributed by atoms with Crippen molar-refractivity contribution in [3.63, 3.8) is 0 Å². The van der Waals surface area contributed by atoms with Crippen LogP contribution >= 0.6 is 0 Å². The Kier molecular flexibility index (Phi) is 4.45. The van der Waals surface area contributed by atoms with E-state index in [-0.39, 0.29) is 18.2 Å². The summed E-state index contributed by atoms with van der Waals surface area (Å²) in [5, 5.41) is 8.60. The molecule has 0 spiro atoms. The third kappa shape index (κ3) is 3.03. The largest absolute Gasteiger partial charge is 0.396 e. The van der Waals surface area contributed by atoms with Gasteiger partial charge in [-0.2, -0.15) is 0 Å². The third-order valence-corrected chi connectivity index (χ3v) is 3.53. The Hall–Kier alpha value is -0.920. The summed E-state index contributed by atoms with van der Waals surface area (Å²) in [5.74, 6) is 0.671. The standard InChI is InChI=1S/C9H17N3O3S/c1-3-12-7-9(11-8(12)2)16(14,15)10-5-4-6-13/h7,10,13H,3-6H2,1-2H3. The Morgan fingerprint density at radius 2 is 2.25 bits per heavy atom. The van der Waals surface area contributed by atoms with Gasteiger partial charge in [0.1, 0.15) is 5.82 Å². The van der Waals surface area contributed by atoms with Crippen molar-refractivity contribution in [3.8, 4) is 0 Å². The zero-order valence-electron chi connectivity index (χ0n) is 9.47. The van der Waals surface area contributed by atoms with Gasteiger partial charge in [0, 0.05) is 25.9 Å². The van der Waals surface area contributed by atoms with Crippen LogP contribution in [0.15, 0.2) is 11.2 Å². The zero-order valence-corrected chi connectivity index (χ0v) is 10.3. The van der Waals surface area contributed by atoms with Crippen molar-refractivity contribution in [1.29, 1.82) is 0 Å². The van der Waals surface area contributed by atoms with Gasteiger partial charge >= 0.3 is 0 Å². The maximum atomic E-state index is 11.7. The maximum absolute atomic E-state index is 11.7. The number of aliphatic hydroxyl groups excluding tert-OH is 1. The van der Waals surface area contributed by atoms with E-state index < -0.39 is 10.0 Å². The van der Waals surface area contributed by atoms with E-state index in [1.54, 1.807) is 11.5 Å². The van der Waals surface area contributed by atoms with E-state index in [1.165, 1.54) is 6.20 Å². The highest BCUT2D eigenvalue weighted by molar-refractivity contribution is 7.89. The number of hydrogen-bond acceptors (Lipinski definition) is 4. The fourth-order valence-corrected chi connectivity index (χ4v) is 2.37. The highest BCUT2D eigenvalue weighted by Crippen LogP contribution is 2.08. The van der Waals surface area contributed by atoms with Crippen LogP contribution in [0.4, 0.5) is 0 Å². The highest BCUT2D eigenvalue weighted by Gasteiger charge is 2.17. The Morgan fingerprint density at radius 1 is 1.56 bits per heavy atom. The number of aliphatic hydroxyl groups is 1. The van der Waals surface area contributed by atoms with Gasteiger partial charge in [-0.25, -0.2) is 18.1 Å². The Morgan fingerprint density at radius 3 is 2.75 bits per heavy atom. The van der Waals surface area contributed by atoms with E-state index in [4.69, 9.17) is 5.11 Å². The van der Waals surface area contributed by atoms with Gasteiger partial charge in [-0.1, -0.05) is 0 Å². The molecule has 0 aromatic carbocycles. The fourth-order valence-electron chi connectivity index (χ4n) is 1.29. The monoisotopic (exact) mass is 247 g/mol. The van der Waals surface area contributed by atoms with E-state index >= 15 is 0 Å². The van der Waals surface area contributed by atoms with Crippen molar-refractivity contribution in [2.45, 2.75) is 31.8 Å². The summed E-state index contributed by atoms with van der Waals surface area (Å²) in [7, 11) is -3.54. The molecule has 0 bridgehead atoms. The van der Waals surface area contributed by atoms with Crippen molar-refractivity contribution < 1.29 is 13.5 Å². The minimum absolute atomic E-state index is 0.0322. The predicted octanol–water partition coefficient (Wildman–Crippen LogP) is -0.128. The molecule has 0 saturated heterocycles. The van der Waals surface area contributed by atoms with E-state index in [2.05, 4.69) is 9.71 Å². The van der Waals surface area contributed by atoms with Crippen LogP contribution in [-0.4, -0.2) is 36.2 Å². The molecule has 1 heterocycles. The molecule has 92 valence electrons. The molecular weight excluding hydrogens is 230 g/mol. The summed E-state index contributed by atoms with van der Waals surface area (Å²) in [4.78, 5) is 3.98. The molecule has 1 aromatic heterocycles. The molecule has 1 aromatic rings. The molecule has 2 N–H and O–H groups in total. The van der Waals surface area contributed by atoms with Crippen LogP contribution in [0.1, 0.15) is 19.2 Å². The third-order valence-electron chi connectivity index (χ3n) is 2.20. The van der Waals surface area contributed by atoms with Gasteiger partial charge in [0.25, 0.3) is 10.0 Å². The quantitative estimate of drug-likeness (QED) is 0.686. The van der Waals surface area contributed by atoms with Gasteiger partial charge in [-0.15, -0.1) is 0 Å². The molecule has 0 saturated carbocycles. The van der Waals surface area contributed by atoms with Crippen LogP contribution in [0.3, 0.4) is 0 Å². The lowest BCUT2D eigenvalue weighted by Gasteiger charge is -2.01. The average molecular weight is 247 g/mol. The van der Waals surface area contributed by atoms with Crippen LogP contribution in [0.5, 0.6) is 0 Å². The number of aryl methyl sites for hydroxylation is 2. The molecule has 6 nitrogen and oxygen atoms in total. The molecule has 0 amide bonds. The second-order valence-corrected chi connectivity index (χ2v) is 5.10. The van der Waals surface area contributed by atoms with Gasteiger partial charge in [-0.3, -0.25) is 0 Å². The lowest BCUT2D eigenvalue weighted by molar-refractivity contribution is 0.289. The maximum Gasteiger partial charge on any atom is 0.259 e. The van der Waals surface area contributed by atoms with Gasteiger partial charge in [-0.05, 0) is 20.3 Å². The molecule has 1 rings (SSSR count). The number of sulfonamides is 1.